The van der Waals surface area contributed by atoms with Crippen molar-refractivity contribution in [1.82, 2.24) is 5.43 Å². The first kappa shape index (κ1) is 28.2. The molecule has 0 spiro atoms. The van der Waals surface area contributed by atoms with E-state index in [-0.39, 0.29) is 11.7 Å². The summed E-state index contributed by atoms with van der Waals surface area (Å²) in [6.07, 6.45) is 1.39. The van der Waals surface area contributed by atoms with E-state index in [0.29, 0.717) is 32.3 Å². The SMILES string of the molecule is Cc1cccc(C(=O)Nc2ccc(C(=O)N/N=C\c3ccccc3OC(=O)c3sc4cc(Br)ccc4c3Cl)cc2)c1. The average Bonchev–Trinajstić information content (AvgIpc) is 3.29. The zero-order valence-corrected chi connectivity index (χ0v) is 24.6. The molecule has 5 aromatic rings. The third-order valence-corrected chi connectivity index (χ3v) is 8.08. The third kappa shape index (κ3) is 6.71. The maximum absolute atomic E-state index is 13.0. The van der Waals surface area contributed by atoms with E-state index in [2.05, 4.69) is 31.8 Å². The Labute approximate surface area is 252 Å². The highest BCUT2D eigenvalue weighted by molar-refractivity contribution is 9.10. The van der Waals surface area contributed by atoms with Crippen LogP contribution in [-0.4, -0.2) is 24.0 Å². The van der Waals surface area contributed by atoms with E-state index in [0.717, 1.165) is 20.1 Å². The number of anilines is 1. The number of nitrogens with one attached hydrogen (secondary N) is 2. The van der Waals surface area contributed by atoms with Crippen LogP contribution in [0.2, 0.25) is 5.02 Å². The van der Waals surface area contributed by atoms with Crippen LogP contribution in [0.4, 0.5) is 5.69 Å². The number of amides is 2. The van der Waals surface area contributed by atoms with Crippen LogP contribution in [0, 0.1) is 6.92 Å². The van der Waals surface area contributed by atoms with Gasteiger partial charge in [-0.05, 0) is 67.6 Å². The highest BCUT2D eigenvalue weighted by atomic mass is 79.9. The summed E-state index contributed by atoms with van der Waals surface area (Å²) >= 11 is 11.1. The lowest BCUT2D eigenvalue weighted by Gasteiger charge is -2.07. The zero-order chi connectivity index (χ0) is 28.9. The number of aryl methyl sites for hydroxylation is 1. The summed E-state index contributed by atoms with van der Waals surface area (Å²) in [7, 11) is 0. The monoisotopic (exact) mass is 645 g/mol. The number of rotatable bonds is 7. The van der Waals surface area contributed by atoms with E-state index >= 15 is 0 Å². The fourth-order valence-electron chi connectivity index (χ4n) is 3.92. The molecule has 41 heavy (non-hydrogen) atoms. The highest BCUT2D eigenvalue weighted by Crippen LogP contribution is 2.37. The van der Waals surface area contributed by atoms with Crippen LogP contribution >= 0.6 is 38.9 Å². The van der Waals surface area contributed by atoms with Gasteiger partial charge in [-0.3, -0.25) is 9.59 Å². The molecule has 0 atom stereocenters. The number of halogens is 2. The Morgan fingerprint density at radius 2 is 1.68 bits per heavy atom. The van der Waals surface area contributed by atoms with Crippen molar-refractivity contribution in [3.8, 4) is 5.75 Å². The van der Waals surface area contributed by atoms with Crippen LogP contribution in [0.25, 0.3) is 10.1 Å². The molecule has 0 radical (unpaired) electrons. The lowest BCUT2D eigenvalue weighted by molar-refractivity contribution is 0.0739. The Kier molecular flexibility index (Phi) is 8.58. The number of carbonyl (C=O) groups is 3. The molecular weight excluding hydrogens is 626 g/mol. The van der Waals surface area contributed by atoms with Crippen molar-refractivity contribution in [2.75, 3.05) is 5.32 Å². The Morgan fingerprint density at radius 3 is 2.46 bits per heavy atom. The quantitative estimate of drug-likeness (QED) is 0.0814. The van der Waals surface area contributed by atoms with Crippen LogP contribution in [0.3, 0.4) is 0 Å². The molecule has 2 amide bonds. The first-order chi connectivity index (χ1) is 19.8. The number of hydrogen-bond acceptors (Lipinski definition) is 6. The van der Waals surface area contributed by atoms with Crippen LogP contribution in [0.1, 0.15) is 41.5 Å². The van der Waals surface area contributed by atoms with Crippen LogP contribution in [-0.2, 0) is 0 Å². The first-order valence-corrected chi connectivity index (χ1v) is 14.3. The molecule has 2 N–H and O–H groups in total. The van der Waals surface area contributed by atoms with E-state index in [4.69, 9.17) is 16.3 Å². The summed E-state index contributed by atoms with van der Waals surface area (Å²) in [5.41, 5.74) is 5.38. The first-order valence-electron chi connectivity index (χ1n) is 12.3. The third-order valence-electron chi connectivity index (χ3n) is 5.95. The predicted molar refractivity (Wildman–Crippen MR) is 167 cm³/mol. The maximum Gasteiger partial charge on any atom is 0.355 e. The van der Waals surface area contributed by atoms with Gasteiger partial charge in [0.2, 0.25) is 0 Å². The predicted octanol–water partition coefficient (Wildman–Crippen LogP) is 7.86. The minimum absolute atomic E-state index is 0.238. The Morgan fingerprint density at radius 1 is 0.902 bits per heavy atom. The van der Waals surface area contributed by atoms with Gasteiger partial charge in [-0.25, -0.2) is 10.2 Å². The molecule has 7 nitrogen and oxygen atoms in total. The molecule has 0 aliphatic rings. The Hall–Kier alpha value is -4.31. The molecule has 0 aliphatic heterocycles. The number of hydrazone groups is 1. The number of carbonyl (C=O) groups excluding carboxylic acids is 3. The normalized spacial score (nSPS) is 11.0. The van der Waals surface area contributed by atoms with Gasteiger partial charge in [-0.1, -0.05) is 63.4 Å². The number of nitrogens with zero attached hydrogens (tertiary/aromatic N) is 1. The van der Waals surface area contributed by atoms with E-state index in [1.54, 1.807) is 60.7 Å². The molecule has 10 heteroatoms. The van der Waals surface area contributed by atoms with Crippen LogP contribution in [0.5, 0.6) is 5.75 Å². The summed E-state index contributed by atoms with van der Waals surface area (Å²) in [5.74, 6) is -1.02. The van der Waals surface area contributed by atoms with Crippen LogP contribution in [0.15, 0.2) is 101 Å². The summed E-state index contributed by atoms with van der Waals surface area (Å²) < 4.78 is 7.37. The molecule has 0 saturated carbocycles. The molecule has 0 saturated heterocycles. The second-order valence-electron chi connectivity index (χ2n) is 8.91. The zero-order valence-electron chi connectivity index (χ0n) is 21.5. The Balaban J connectivity index is 1.22. The van der Waals surface area contributed by atoms with Gasteiger partial charge in [0, 0.05) is 36.9 Å². The topological polar surface area (TPSA) is 96.9 Å². The van der Waals surface area contributed by atoms with Gasteiger partial charge in [0.15, 0.2) is 0 Å². The van der Waals surface area contributed by atoms with Crippen molar-refractivity contribution >= 4 is 78.6 Å². The van der Waals surface area contributed by atoms with Gasteiger partial charge in [-0.15, -0.1) is 11.3 Å². The fraction of sp³-hybridized carbons (Fsp3) is 0.0323. The van der Waals surface area contributed by atoms with Crippen molar-refractivity contribution in [3.63, 3.8) is 0 Å². The lowest BCUT2D eigenvalue weighted by atomic mass is 10.1. The summed E-state index contributed by atoms with van der Waals surface area (Å²) in [4.78, 5) is 38.3. The van der Waals surface area contributed by atoms with E-state index < -0.39 is 11.9 Å². The minimum Gasteiger partial charge on any atom is -0.422 e. The number of ether oxygens (including phenoxy) is 1. The number of esters is 1. The van der Waals surface area contributed by atoms with Gasteiger partial charge in [0.05, 0.1) is 11.2 Å². The molecule has 0 unspecified atom stereocenters. The van der Waals surface area contributed by atoms with Crippen molar-refractivity contribution in [1.29, 1.82) is 0 Å². The standard InChI is InChI=1S/C31H21BrClN3O4S/c1-18-5-4-7-20(15-18)29(37)35-23-12-9-19(10-13-23)30(38)36-34-17-21-6-2-3-8-25(21)40-31(39)28-27(33)24-14-11-22(32)16-26(24)41-28/h2-17H,1H3,(H,35,37)(H,36,38)/b34-17-. The van der Waals surface area contributed by atoms with Crippen molar-refractivity contribution < 1.29 is 19.1 Å². The summed E-state index contributed by atoms with van der Waals surface area (Å²) in [5, 5.41) is 7.94. The summed E-state index contributed by atoms with van der Waals surface area (Å²) in [6, 6.07) is 26.1. The second-order valence-corrected chi connectivity index (χ2v) is 11.3. The molecule has 0 aliphatic carbocycles. The van der Waals surface area contributed by atoms with Crippen molar-refractivity contribution in [3.05, 3.63) is 128 Å². The number of hydrogen-bond donors (Lipinski definition) is 2. The van der Waals surface area contributed by atoms with Gasteiger partial charge in [0.1, 0.15) is 10.6 Å². The molecule has 1 aromatic heterocycles. The largest absolute Gasteiger partial charge is 0.422 e. The van der Waals surface area contributed by atoms with E-state index in [9.17, 15) is 14.4 Å². The minimum atomic E-state index is -0.591. The summed E-state index contributed by atoms with van der Waals surface area (Å²) in [6.45, 7) is 1.92. The van der Waals surface area contributed by atoms with Gasteiger partial charge >= 0.3 is 5.97 Å². The van der Waals surface area contributed by atoms with Crippen molar-refractivity contribution in [2.45, 2.75) is 6.92 Å². The molecule has 1 heterocycles. The van der Waals surface area contributed by atoms with Gasteiger partial charge < -0.3 is 10.1 Å². The van der Waals surface area contributed by atoms with Gasteiger partial charge in [-0.2, -0.15) is 5.10 Å². The number of benzene rings is 4. The highest BCUT2D eigenvalue weighted by Gasteiger charge is 2.20. The smallest absolute Gasteiger partial charge is 0.355 e. The second kappa shape index (κ2) is 12.5. The molecule has 0 fully saturated rings. The molecule has 4 aromatic carbocycles. The van der Waals surface area contributed by atoms with Gasteiger partial charge in [0.25, 0.3) is 11.8 Å². The van der Waals surface area contributed by atoms with Crippen molar-refractivity contribution in [2.24, 2.45) is 5.10 Å². The maximum atomic E-state index is 13.0. The fourth-order valence-corrected chi connectivity index (χ4v) is 5.85. The molecule has 204 valence electrons. The lowest BCUT2D eigenvalue weighted by Crippen LogP contribution is -2.18. The molecular formula is C31H21BrClN3O4S. The number of fused-ring (bicyclic) bond motifs is 1. The number of thiophene rings is 1. The molecule has 0 bridgehead atoms. The number of para-hydroxylation sites is 1. The average molecular weight is 647 g/mol. The Bertz CT molecular complexity index is 1820. The van der Waals surface area contributed by atoms with E-state index in [1.807, 2.05) is 37.3 Å². The van der Waals surface area contributed by atoms with E-state index in [1.165, 1.54) is 17.6 Å². The molecule has 5 rings (SSSR count). The van der Waals surface area contributed by atoms with Crippen LogP contribution < -0.4 is 15.5 Å².